The quantitative estimate of drug-likeness (QED) is 0.522. The second-order valence-corrected chi connectivity index (χ2v) is 12.4. The molecule has 9 nitrogen and oxygen atoms in total. The summed E-state index contributed by atoms with van der Waals surface area (Å²) in [5.41, 5.74) is 1.88. The maximum Gasteiger partial charge on any atom is 0.252 e. The molecule has 3 heterocycles. The van der Waals surface area contributed by atoms with Gasteiger partial charge in [-0.2, -0.15) is 0 Å². The Labute approximate surface area is 221 Å². The second kappa shape index (κ2) is 10.2. The van der Waals surface area contributed by atoms with Crippen molar-refractivity contribution in [1.29, 1.82) is 0 Å². The highest BCUT2D eigenvalue weighted by atomic mass is 32.1. The maximum absolute atomic E-state index is 13.4. The SMILES string of the molecule is CC(=O)N1CCC(Nc2nncn2[C@H]2CCc3sc(CC(=O)C4CC4)c(C(=O)NCC4CC4)c3C2)CC1. The van der Waals surface area contributed by atoms with E-state index in [4.69, 9.17) is 0 Å². The van der Waals surface area contributed by atoms with Crippen molar-refractivity contribution in [1.82, 2.24) is 25.0 Å². The van der Waals surface area contributed by atoms with E-state index in [2.05, 4.69) is 25.4 Å². The van der Waals surface area contributed by atoms with Crippen molar-refractivity contribution in [2.45, 2.75) is 83.2 Å². The van der Waals surface area contributed by atoms with Crippen LogP contribution in [0.25, 0.3) is 0 Å². The fourth-order valence-corrected chi connectivity index (χ4v) is 7.10. The molecule has 4 aliphatic rings. The van der Waals surface area contributed by atoms with Crippen LogP contribution < -0.4 is 10.6 Å². The normalized spacial score (nSPS) is 22.0. The topological polar surface area (TPSA) is 109 Å². The Morgan fingerprint density at radius 1 is 1.08 bits per heavy atom. The molecule has 0 unspecified atom stereocenters. The number of amides is 2. The van der Waals surface area contributed by atoms with E-state index in [0.717, 1.165) is 86.5 Å². The molecule has 6 rings (SSSR count). The number of nitrogens with one attached hydrogen (secondary N) is 2. The van der Waals surface area contributed by atoms with Crippen molar-refractivity contribution < 1.29 is 14.4 Å². The number of anilines is 1. The number of carbonyl (C=O) groups is 3. The van der Waals surface area contributed by atoms with E-state index in [-0.39, 0.29) is 35.6 Å². The number of ketones is 1. The van der Waals surface area contributed by atoms with Crippen LogP contribution in [0.15, 0.2) is 6.33 Å². The van der Waals surface area contributed by atoms with Crippen molar-refractivity contribution in [3.8, 4) is 0 Å². The van der Waals surface area contributed by atoms with Gasteiger partial charge in [-0.25, -0.2) is 0 Å². The Hall–Kier alpha value is -2.75. The summed E-state index contributed by atoms with van der Waals surface area (Å²) in [6.45, 7) is 3.86. The zero-order valence-corrected chi connectivity index (χ0v) is 22.3. The number of carbonyl (C=O) groups excluding carboxylic acids is 3. The molecule has 37 heavy (non-hydrogen) atoms. The summed E-state index contributed by atoms with van der Waals surface area (Å²) in [6.07, 6.45) is 10.9. The number of aromatic nitrogens is 3. The van der Waals surface area contributed by atoms with Gasteiger partial charge in [0.25, 0.3) is 5.91 Å². The predicted octanol–water partition coefficient (Wildman–Crippen LogP) is 3.15. The molecule has 0 spiro atoms. The minimum absolute atomic E-state index is 0.0111. The number of aryl methyl sites for hydroxylation is 1. The van der Waals surface area contributed by atoms with Crippen LogP contribution in [-0.2, 0) is 28.9 Å². The first-order chi connectivity index (χ1) is 18.0. The number of fused-ring (bicyclic) bond motifs is 1. The van der Waals surface area contributed by atoms with Gasteiger partial charge in [-0.05, 0) is 69.3 Å². The molecular formula is C27H36N6O3S. The van der Waals surface area contributed by atoms with Crippen molar-refractivity contribution in [2.75, 3.05) is 25.0 Å². The Kier molecular flexibility index (Phi) is 6.77. The van der Waals surface area contributed by atoms with Crippen LogP contribution >= 0.6 is 11.3 Å². The van der Waals surface area contributed by atoms with Gasteiger partial charge in [-0.3, -0.25) is 19.0 Å². The van der Waals surface area contributed by atoms with Gasteiger partial charge < -0.3 is 15.5 Å². The molecule has 0 radical (unpaired) electrons. The summed E-state index contributed by atoms with van der Waals surface area (Å²) in [4.78, 5) is 41.9. The first-order valence-electron chi connectivity index (χ1n) is 13.8. The van der Waals surface area contributed by atoms with E-state index in [1.54, 1.807) is 24.6 Å². The molecule has 1 atom stereocenters. The smallest absolute Gasteiger partial charge is 0.252 e. The van der Waals surface area contributed by atoms with Crippen LogP contribution in [0.3, 0.4) is 0 Å². The van der Waals surface area contributed by atoms with Gasteiger partial charge in [-0.1, -0.05) is 0 Å². The lowest BCUT2D eigenvalue weighted by Crippen LogP contribution is -2.41. The molecule has 2 amide bonds. The third kappa shape index (κ3) is 5.44. The zero-order chi connectivity index (χ0) is 25.5. The molecule has 2 N–H and O–H groups in total. The molecule has 0 aromatic carbocycles. The van der Waals surface area contributed by atoms with E-state index < -0.39 is 0 Å². The maximum atomic E-state index is 13.4. The third-order valence-electron chi connectivity index (χ3n) is 8.39. The molecule has 2 aromatic rings. The van der Waals surface area contributed by atoms with Gasteiger partial charge in [0, 0.05) is 60.7 Å². The molecular weight excluding hydrogens is 488 g/mol. The highest BCUT2D eigenvalue weighted by Gasteiger charge is 2.35. The molecule has 10 heteroatoms. The first-order valence-corrected chi connectivity index (χ1v) is 14.6. The summed E-state index contributed by atoms with van der Waals surface area (Å²) < 4.78 is 2.12. The van der Waals surface area contributed by atoms with E-state index >= 15 is 0 Å². The van der Waals surface area contributed by atoms with Gasteiger partial charge in [-0.15, -0.1) is 21.5 Å². The molecule has 3 fully saturated rings. The van der Waals surface area contributed by atoms with Gasteiger partial charge in [0.05, 0.1) is 5.56 Å². The Morgan fingerprint density at radius 3 is 2.57 bits per heavy atom. The lowest BCUT2D eigenvalue weighted by Gasteiger charge is -2.32. The number of piperidine rings is 1. The van der Waals surface area contributed by atoms with Gasteiger partial charge in [0.15, 0.2) is 0 Å². The monoisotopic (exact) mass is 524 g/mol. The van der Waals surface area contributed by atoms with E-state index in [1.807, 2.05) is 4.90 Å². The lowest BCUT2D eigenvalue weighted by atomic mass is 9.90. The van der Waals surface area contributed by atoms with E-state index in [1.165, 1.54) is 17.7 Å². The van der Waals surface area contributed by atoms with Crippen molar-refractivity contribution in [2.24, 2.45) is 11.8 Å². The van der Waals surface area contributed by atoms with Gasteiger partial charge in [0.2, 0.25) is 11.9 Å². The molecule has 0 bridgehead atoms. The highest BCUT2D eigenvalue weighted by Crippen LogP contribution is 2.41. The number of rotatable bonds is 9. The average molecular weight is 525 g/mol. The highest BCUT2D eigenvalue weighted by molar-refractivity contribution is 7.12. The van der Waals surface area contributed by atoms with Crippen LogP contribution in [0.1, 0.15) is 83.6 Å². The summed E-state index contributed by atoms with van der Waals surface area (Å²) in [7, 11) is 0. The van der Waals surface area contributed by atoms with Crippen molar-refractivity contribution in [3.05, 3.63) is 27.2 Å². The first kappa shape index (κ1) is 24.6. The third-order valence-corrected chi connectivity index (χ3v) is 9.68. The summed E-state index contributed by atoms with van der Waals surface area (Å²) >= 11 is 1.68. The lowest BCUT2D eigenvalue weighted by molar-refractivity contribution is -0.129. The Bertz CT molecular complexity index is 1190. The molecule has 2 saturated carbocycles. The number of likely N-dealkylation sites (tertiary alicyclic amines) is 1. The fourth-order valence-electron chi connectivity index (χ4n) is 5.74. The van der Waals surface area contributed by atoms with Crippen molar-refractivity contribution >= 4 is 34.9 Å². The Morgan fingerprint density at radius 2 is 1.86 bits per heavy atom. The molecule has 2 aromatic heterocycles. The number of hydrogen-bond donors (Lipinski definition) is 2. The Balaban J connectivity index is 1.19. The summed E-state index contributed by atoms with van der Waals surface area (Å²) in [5, 5.41) is 15.3. The molecule has 1 aliphatic heterocycles. The van der Waals surface area contributed by atoms with E-state index in [9.17, 15) is 14.4 Å². The molecule has 198 valence electrons. The largest absolute Gasteiger partial charge is 0.352 e. The van der Waals surface area contributed by atoms with Crippen molar-refractivity contribution in [3.63, 3.8) is 0 Å². The fraction of sp³-hybridized carbons (Fsp3) is 0.667. The van der Waals surface area contributed by atoms with Crippen LogP contribution in [-0.4, -0.2) is 62.9 Å². The molecule has 1 saturated heterocycles. The number of thiophene rings is 1. The minimum atomic E-state index is -0.0111. The standard InChI is InChI=1S/C27H36N6O3S/c1-16(34)32-10-8-19(9-11-32)30-27-31-29-15-33(27)20-6-7-23-21(12-20)25(26(36)28-14-17-2-3-17)24(37-23)13-22(35)18-4-5-18/h15,17-20H,2-14H2,1H3,(H,28,36)(H,30,31)/t20-/m0/s1. The van der Waals surface area contributed by atoms with Crippen LogP contribution in [0.2, 0.25) is 0 Å². The van der Waals surface area contributed by atoms with Crippen LogP contribution in [0, 0.1) is 11.8 Å². The number of nitrogens with zero attached hydrogens (tertiary/aromatic N) is 4. The van der Waals surface area contributed by atoms with Gasteiger partial charge in [0.1, 0.15) is 12.1 Å². The summed E-state index contributed by atoms with van der Waals surface area (Å²) in [5.74, 6) is 1.97. The van der Waals surface area contributed by atoms with E-state index in [0.29, 0.717) is 12.3 Å². The predicted molar refractivity (Wildman–Crippen MR) is 141 cm³/mol. The average Bonchev–Trinajstić information content (AvgIpc) is 3.82. The minimum Gasteiger partial charge on any atom is -0.352 e. The number of hydrogen-bond acceptors (Lipinski definition) is 7. The van der Waals surface area contributed by atoms with Crippen LogP contribution in [0.4, 0.5) is 5.95 Å². The van der Waals surface area contributed by atoms with Gasteiger partial charge >= 0.3 is 0 Å². The van der Waals surface area contributed by atoms with Crippen LogP contribution in [0.5, 0.6) is 0 Å². The summed E-state index contributed by atoms with van der Waals surface area (Å²) in [6, 6.07) is 0.404. The zero-order valence-electron chi connectivity index (χ0n) is 21.5. The second-order valence-electron chi connectivity index (χ2n) is 11.3. The number of Topliss-reactive ketones (excluding diaryl/α,β-unsaturated/α-hetero) is 1. The molecule has 3 aliphatic carbocycles.